The van der Waals surface area contributed by atoms with Crippen LogP contribution in [0.2, 0.25) is 0 Å². The van der Waals surface area contributed by atoms with E-state index in [1.165, 1.54) is 27.7 Å². The van der Waals surface area contributed by atoms with Gasteiger partial charge < -0.3 is 157 Å². The Morgan fingerprint density at radius 2 is 0.480 bits per heavy atom. The third-order valence-corrected chi connectivity index (χ3v) is 18.4. The van der Waals surface area contributed by atoms with Crippen molar-refractivity contribution in [2.24, 2.45) is 0 Å². The van der Waals surface area contributed by atoms with Gasteiger partial charge in [-0.05, 0) is 74.8 Å². The van der Waals surface area contributed by atoms with E-state index in [9.17, 15) is 86.3 Å². The zero-order valence-corrected chi connectivity index (χ0v) is 129. The van der Waals surface area contributed by atoms with Gasteiger partial charge in [-0.1, -0.05) is 149 Å². The normalized spacial score (nSPS) is 9.89. The van der Waals surface area contributed by atoms with E-state index in [1.807, 2.05) is 111 Å². The van der Waals surface area contributed by atoms with Crippen molar-refractivity contribution in [1.29, 1.82) is 0 Å². The van der Waals surface area contributed by atoms with E-state index in [1.54, 1.807) is 71.7 Å². The Kier molecular flexibility index (Phi) is 121. The molecule has 0 radical (unpaired) electrons. The zero-order chi connectivity index (χ0) is 104. The molecule has 0 unspecified atom stereocenters. The molecule has 0 bridgehead atoms. The smallest absolute Gasteiger partial charge is 0.656 e. The molecule has 0 atom stereocenters. The van der Waals surface area contributed by atoms with Crippen molar-refractivity contribution in [1.82, 2.24) is 42.5 Å². The van der Waals surface area contributed by atoms with E-state index < -0.39 is 0 Å². The van der Waals surface area contributed by atoms with Crippen molar-refractivity contribution < 1.29 is 585 Å². The number of carbonyl (C=O) groups excluding carboxylic acids is 18. The summed E-state index contributed by atoms with van der Waals surface area (Å²) in [7, 11) is 8.19. The third-order valence-electron chi connectivity index (χ3n) is 18.4. The molecule has 0 saturated carbocycles. The Bertz CT molecular complexity index is 4450. The van der Waals surface area contributed by atoms with Gasteiger partial charge in [-0.3, -0.25) is 47.9 Å². The van der Waals surface area contributed by atoms with Crippen LogP contribution in [-0.4, -0.2) is 260 Å². The summed E-state index contributed by atoms with van der Waals surface area (Å²) >= 11 is 0. The van der Waals surface area contributed by atoms with Crippen molar-refractivity contribution in [2.45, 2.75) is 158 Å². The van der Waals surface area contributed by atoms with Gasteiger partial charge in [-0.2, -0.15) is 0 Å². The molecule has 0 aliphatic heterocycles. The van der Waals surface area contributed by atoms with Crippen LogP contribution >= 0.6 is 0 Å². The summed E-state index contributed by atoms with van der Waals surface area (Å²) in [5.41, 5.74) is 10.3. The van der Waals surface area contributed by atoms with Crippen LogP contribution in [0.4, 0.5) is 0 Å². The molecule has 770 valence electrons. The van der Waals surface area contributed by atoms with E-state index in [2.05, 4.69) is 85.1 Å². The Morgan fingerprint density at radius 3 is 0.689 bits per heavy atom. The summed E-state index contributed by atoms with van der Waals surface area (Å²) in [4.78, 5) is 203. The van der Waals surface area contributed by atoms with Crippen LogP contribution in [0.25, 0.3) is 42.5 Å². The van der Waals surface area contributed by atoms with Crippen molar-refractivity contribution in [2.75, 3.05) is 154 Å². The minimum atomic E-state index is -0.364. The summed E-state index contributed by atoms with van der Waals surface area (Å²) in [6, 6.07) is 36.6. The molecule has 5 aromatic rings. The van der Waals surface area contributed by atoms with Gasteiger partial charge in [0.1, 0.15) is 0 Å². The standard InChI is InChI=1S/C20H30N4O5.C20H29N3O6.C20H29N3O4.C20H28N2O5.C19H28N4O5.8Rb/c1-15(25)22-9-3-11-29-14-20(28)24-13-17-6-4-16(5-7-17)12-19(27)23-10-8-18(26)21-2;1-15(24)29-11-3-10-28-14-20(27)23-13-17-6-4-16(5-7-17)12-19(26)22-9-8-18(25)21-2;1-15(21-3)11-19(25)12-17-5-7-18(8-6-17)13-23-20(26)14-27-10-4-9-22-16(2)24;1-15(21-3)11-19(24)12-17-5-7-18(8-6-17)13-22-20(25)14-26-9-4-10-27-16(2)23;1-20-17(25)7-9-22-18(26)11-15-3-5-16(6-4-15)12-23-19(27)13-28-10-2-8-21-14-24;;;;;;;;/h4-7H,3,8-14H2,1-2H3,(H4,21,22,23,24,25,26,27,28);4-7H,3,8-14H2,1-2H3,(H3,21,22,23,25,26,27);5-8,11H,4,9-10,12-14H2,1-3H3,(H3,21,22,23,24,25,26);5-8,11H,4,9-10,12-14H2,1-3H3,(H2,21,22,24,25);3-6,14H,2,7-13H2,1H3,(H4,20,21,22,23,24,25,26,27);;;;;;;;/q;;;;;8*+1/p-8. The van der Waals surface area contributed by atoms with Crippen LogP contribution in [0.3, 0.4) is 0 Å². The van der Waals surface area contributed by atoms with Crippen LogP contribution in [-0.2, 0) is 184 Å². The van der Waals surface area contributed by atoms with E-state index in [0.717, 1.165) is 67.0 Å². The summed E-state index contributed by atoms with van der Waals surface area (Å²) < 4.78 is 35.4. The first kappa shape index (κ1) is 163. The van der Waals surface area contributed by atoms with Gasteiger partial charge >= 0.3 is 477 Å². The average Bonchev–Trinajstić information content (AvgIpc) is 0.915. The first-order chi connectivity index (χ1) is 67.1. The number of ether oxygens (including phenoxy) is 7. The average molecular weight is 2630 g/mol. The zero-order valence-electron chi connectivity index (χ0n) is 90.0. The second-order valence-corrected chi connectivity index (χ2v) is 30.4. The maximum Gasteiger partial charge on any atom is 1.00 e. The largest absolute Gasteiger partial charge is 1.00 e. The quantitative estimate of drug-likeness (QED) is 0.00775. The SMILES string of the molecule is CN/C(C)=C\C(=O)Cc1ccc(C[N-]C(=O)COCCCOC(C)=O)cc1.CN/C(C)=C\C(=O)Cc1ccc(C[N-]C(=O)COCCC[N-]C(C)=O)cc1.CNC(=O)CCNC(=O)Cc1ccc(C[N-]C(=O)COCCCOC(C)=O)cc1.CNC(=O)CCNC(=O)Cc1ccc(C[N-]C(=O)COCCC[N-]C(C)=O)cc1.CNC(=O)CCNC(=O)Cc1ccc(C[N-]C(=O)COCCC[N-]C=O)cc1.[Rb+].[Rb+].[Rb+].[Rb+].[Rb+].[Rb+].[Rb+].[Rb+]. The third kappa shape index (κ3) is 100. The molecule has 5 aromatic carbocycles. The van der Waals surface area contributed by atoms with Crippen LogP contribution in [0.5, 0.6) is 0 Å². The van der Waals surface area contributed by atoms with Crippen LogP contribution in [0.15, 0.2) is 145 Å². The monoisotopic (exact) mass is 2630 g/mol. The Hall–Kier alpha value is 0.282. The molecule has 5 rings (SSSR count). The molecule has 0 heterocycles. The number of allylic oxidation sites excluding steroid dienone is 4. The molecule has 0 aromatic heterocycles. The van der Waals surface area contributed by atoms with Crippen LogP contribution in [0.1, 0.15) is 149 Å². The molecule has 0 fully saturated rings. The maximum atomic E-state index is 11.9. The molecule has 0 aliphatic rings. The van der Waals surface area contributed by atoms with Gasteiger partial charge in [0.2, 0.25) is 35.4 Å². The molecule has 49 heteroatoms. The number of ketones is 2. The Morgan fingerprint density at radius 1 is 0.264 bits per heavy atom. The predicted octanol–water partition coefficient (Wildman–Crippen LogP) is -16.1. The van der Waals surface area contributed by atoms with E-state index >= 15 is 0 Å². The number of carbonyl (C=O) groups is 18. The van der Waals surface area contributed by atoms with Crippen molar-refractivity contribution >= 4 is 107 Å². The number of hydrogen-bond acceptors (Lipinski definition) is 27. The van der Waals surface area contributed by atoms with Crippen LogP contribution < -0.4 is 508 Å². The molecule has 14 amide bonds. The number of benzene rings is 5. The number of nitrogens with zero attached hydrogens (tertiary/aromatic N) is 8. The van der Waals surface area contributed by atoms with Crippen molar-refractivity contribution in [3.8, 4) is 0 Å². The molecular weight excluding hydrogens is 2500 g/mol. The van der Waals surface area contributed by atoms with Gasteiger partial charge in [0.15, 0.2) is 11.6 Å². The minimum Gasteiger partial charge on any atom is -0.656 e. The first-order valence-corrected chi connectivity index (χ1v) is 45.4. The maximum absolute atomic E-state index is 11.9. The molecule has 0 aliphatic carbocycles. The number of amides is 14. The van der Waals surface area contributed by atoms with Gasteiger partial charge in [-0.15, -0.1) is 52.4 Å². The summed E-state index contributed by atoms with van der Waals surface area (Å²) in [6.45, 7) is 14.2. The van der Waals surface area contributed by atoms with Crippen LogP contribution in [0, 0.1) is 0 Å². The first-order valence-electron chi connectivity index (χ1n) is 45.4. The fourth-order valence-corrected chi connectivity index (χ4v) is 10.8. The Labute approximate surface area is 1260 Å². The molecule has 8 N–H and O–H groups in total. The summed E-state index contributed by atoms with van der Waals surface area (Å²) in [5, 5.41) is 52.0. The number of hydrogen-bond donors (Lipinski definition) is 8. The number of esters is 2. The number of nitrogens with one attached hydrogen (secondary N) is 8. The topological polar surface area (TPSA) is 581 Å². The molecule has 41 nitrogen and oxygen atoms in total. The van der Waals surface area contributed by atoms with E-state index in [-0.39, 0.29) is 683 Å². The summed E-state index contributed by atoms with van der Waals surface area (Å²) in [6.07, 6.45) is 8.49. The van der Waals surface area contributed by atoms with E-state index in [0.29, 0.717) is 124 Å². The van der Waals surface area contributed by atoms with Gasteiger partial charge in [0.05, 0.1) is 108 Å². The second-order valence-electron chi connectivity index (χ2n) is 30.4. The van der Waals surface area contributed by atoms with Gasteiger partial charge in [0.25, 0.3) is 0 Å². The molecule has 148 heavy (non-hydrogen) atoms. The molecular formula is C99H136N16O25Rb8. The number of rotatable bonds is 64. The van der Waals surface area contributed by atoms with E-state index in [4.69, 9.17) is 33.2 Å². The van der Waals surface area contributed by atoms with Gasteiger partial charge in [0, 0.05) is 175 Å². The second kappa shape index (κ2) is 110. The fraction of sp³-hybridized carbons (Fsp3) is 0.475. The van der Waals surface area contributed by atoms with Crippen molar-refractivity contribution in [3.05, 3.63) is 243 Å². The van der Waals surface area contributed by atoms with Gasteiger partial charge in [-0.25, -0.2) is 0 Å². The Balaban J connectivity index is -0.000000272. The predicted molar refractivity (Wildman–Crippen MR) is 524 cm³/mol. The summed E-state index contributed by atoms with van der Waals surface area (Å²) in [5.74, 6) is -3.63. The van der Waals surface area contributed by atoms with Crippen molar-refractivity contribution in [3.63, 3.8) is 0 Å². The minimum absolute atomic E-state index is 0. The fourth-order valence-electron chi connectivity index (χ4n) is 10.8. The molecule has 0 spiro atoms. The molecule has 0 saturated heterocycles.